The van der Waals surface area contributed by atoms with Crippen LogP contribution in [0.15, 0.2) is 0 Å². The average molecular weight is 293 g/mol. The van der Waals surface area contributed by atoms with Crippen LogP contribution in [0.3, 0.4) is 0 Å². The van der Waals surface area contributed by atoms with E-state index in [0.717, 1.165) is 31.2 Å². The van der Waals surface area contributed by atoms with Crippen molar-refractivity contribution >= 4 is 18.3 Å². The van der Waals surface area contributed by atoms with E-state index in [4.69, 9.17) is 4.74 Å². The van der Waals surface area contributed by atoms with Crippen molar-refractivity contribution in [1.29, 1.82) is 0 Å². The van der Waals surface area contributed by atoms with Gasteiger partial charge in [-0.05, 0) is 24.7 Å². The maximum absolute atomic E-state index is 11.7. The number of carbonyl (C=O) groups is 1. The topological polar surface area (TPSA) is 50.4 Å². The molecule has 2 N–H and O–H groups in total. The van der Waals surface area contributed by atoms with Crippen molar-refractivity contribution in [3.63, 3.8) is 0 Å². The third kappa shape index (κ3) is 7.75. The fraction of sp³-hybridized carbons (Fsp3) is 0.929. The molecule has 1 amide bonds. The van der Waals surface area contributed by atoms with Crippen LogP contribution >= 0.6 is 12.4 Å². The minimum atomic E-state index is 0. The molecule has 0 aromatic carbocycles. The minimum Gasteiger partial charge on any atom is -0.383 e. The molecule has 5 heteroatoms. The van der Waals surface area contributed by atoms with Crippen molar-refractivity contribution in [2.75, 3.05) is 26.8 Å². The summed E-state index contributed by atoms with van der Waals surface area (Å²) >= 11 is 0. The SMILES string of the molecule is COCCNCC(=O)NC1CCCC(C(C)C)C1.Cl. The number of nitrogens with one attached hydrogen (secondary N) is 2. The van der Waals surface area contributed by atoms with Gasteiger partial charge < -0.3 is 15.4 Å². The number of ether oxygens (including phenoxy) is 1. The highest BCUT2D eigenvalue weighted by atomic mass is 35.5. The molecule has 0 bridgehead atoms. The summed E-state index contributed by atoms with van der Waals surface area (Å²) in [5.74, 6) is 1.61. The van der Waals surface area contributed by atoms with Gasteiger partial charge in [0.25, 0.3) is 0 Å². The Morgan fingerprint density at radius 3 is 2.74 bits per heavy atom. The molecule has 0 spiro atoms. The van der Waals surface area contributed by atoms with Gasteiger partial charge in [0.05, 0.1) is 13.2 Å². The molecular weight excluding hydrogens is 264 g/mol. The van der Waals surface area contributed by atoms with Gasteiger partial charge in [0, 0.05) is 19.7 Å². The fourth-order valence-corrected chi connectivity index (χ4v) is 2.62. The van der Waals surface area contributed by atoms with Gasteiger partial charge in [-0.1, -0.05) is 26.7 Å². The summed E-state index contributed by atoms with van der Waals surface area (Å²) < 4.78 is 4.92. The zero-order valence-electron chi connectivity index (χ0n) is 12.4. The molecule has 0 aliphatic heterocycles. The monoisotopic (exact) mass is 292 g/mol. The number of methoxy groups -OCH3 is 1. The first-order valence-electron chi connectivity index (χ1n) is 7.12. The largest absolute Gasteiger partial charge is 0.383 e. The second-order valence-corrected chi connectivity index (χ2v) is 5.60. The summed E-state index contributed by atoms with van der Waals surface area (Å²) in [7, 11) is 1.66. The van der Waals surface area contributed by atoms with Gasteiger partial charge in [0.15, 0.2) is 0 Å². The van der Waals surface area contributed by atoms with E-state index in [-0.39, 0.29) is 18.3 Å². The van der Waals surface area contributed by atoms with Crippen molar-refractivity contribution < 1.29 is 9.53 Å². The van der Waals surface area contributed by atoms with Crippen molar-refractivity contribution in [3.8, 4) is 0 Å². The number of amides is 1. The van der Waals surface area contributed by atoms with Crippen LogP contribution in [0.2, 0.25) is 0 Å². The predicted molar refractivity (Wildman–Crippen MR) is 80.7 cm³/mol. The van der Waals surface area contributed by atoms with Gasteiger partial charge in [-0.25, -0.2) is 0 Å². The van der Waals surface area contributed by atoms with Crippen LogP contribution in [0, 0.1) is 11.8 Å². The second-order valence-electron chi connectivity index (χ2n) is 5.60. The van der Waals surface area contributed by atoms with Crippen LogP contribution in [-0.4, -0.2) is 38.8 Å². The van der Waals surface area contributed by atoms with E-state index in [9.17, 15) is 4.79 Å². The van der Waals surface area contributed by atoms with Gasteiger partial charge in [0.1, 0.15) is 0 Å². The molecule has 1 saturated carbocycles. The maximum Gasteiger partial charge on any atom is 0.234 e. The van der Waals surface area contributed by atoms with Gasteiger partial charge in [-0.3, -0.25) is 4.79 Å². The molecule has 0 aromatic rings. The van der Waals surface area contributed by atoms with Crippen LogP contribution < -0.4 is 10.6 Å². The lowest BCUT2D eigenvalue weighted by molar-refractivity contribution is -0.121. The lowest BCUT2D eigenvalue weighted by Gasteiger charge is -2.32. The summed E-state index contributed by atoms with van der Waals surface area (Å²) in [6, 6.07) is 0.378. The molecule has 4 nitrogen and oxygen atoms in total. The summed E-state index contributed by atoms with van der Waals surface area (Å²) in [6.45, 7) is 6.32. The van der Waals surface area contributed by atoms with Crippen LogP contribution in [0.5, 0.6) is 0 Å². The standard InChI is InChI=1S/C14H28N2O2.ClH/c1-11(2)12-5-4-6-13(9-12)16-14(17)10-15-7-8-18-3;/h11-13,15H,4-10H2,1-3H3,(H,16,17);1H. The minimum absolute atomic E-state index is 0. The lowest BCUT2D eigenvalue weighted by Crippen LogP contribution is -2.43. The van der Waals surface area contributed by atoms with Crippen molar-refractivity contribution in [2.45, 2.75) is 45.6 Å². The Labute approximate surface area is 123 Å². The average Bonchev–Trinajstić information content (AvgIpc) is 2.35. The van der Waals surface area contributed by atoms with Crippen LogP contribution in [0.1, 0.15) is 39.5 Å². The Kier molecular flexibility index (Phi) is 10.3. The van der Waals surface area contributed by atoms with Gasteiger partial charge in [-0.2, -0.15) is 0 Å². The Morgan fingerprint density at radius 1 is 1.37 bits per heavy atom. The fourth-order valence-electron chi connectivity index (χ4n) is 2.62. The van der Waals surface area contributed by atoms with E-state index >= 15 is 0 Å². The summed E-state index contributed by atoms with van der Waals surface area (Å²) in [6.07, 6.45) is 4.83. The molecule has 1 fully saturated rings. The molecular formula is C14H29ClN2O2. The van der Waals surface area contributed by atoms with E-state index < -0.39 is 0 Å². The molecule has 114 valence electrons. The van der Waals surface area contributed by atoms with E-state index in [0.29, 0.717) is 19.2 Å². The molecule has 0 aromatic heterocycles. The smallest absolute Gasteiger partial charge is 0.234 e. The van der Waals surface area contributed by atoms with E-state index in [1.807, 2.05) is 0 Å². The molecule has 2 unspecified atom stereocenters. The Morgan fingerprint density at radius 2 is 2.11 bits per heavy atom. The third-order valence-corrected chi connectivity index (χ3v) is 3.79. The first-order valence-corrected chi connectivity index (χ1v) is 7.12. The Bertz CT molecular complexity index is 250. The highest BCUT2D eigenvalue weighted by Crippen LogP contribution is 2.29. The molecule has 1 rings (SSSR count). The number of hydrogen-bond donors (Lipinski definition) is 2. The molecule has 0 heterocycles. The van der Waals surface area contributed by atoms with E-state index in [1.54, 1.807) is 7.11 Å². The van der Waals surface area contributed by atoms with Gasteiger partial charge in [0.2, 0.25) is 5.91 Å². The number of rotatable bonds is 7. The number of hydrogen-bond acceptors (Lipinski definition) is 3. The molecule has 0 saturated heterocycles. The number of halogens is 1. The van der Waals surface area contributed by atoms with E-state index in [2.05, 4.69) is 24.5 Å². The van der Waals surface area contributed by atoms with Crippen LogP contribution in [0.25, 0.3) is 0 Å². The van der Waals surface area contributed by atoms with Crippen LogP contribution in [0.4, 0.5) is 0 Å². The summed E-state index contributed by atoms with van der Waals surface area (Å²) in [5, 5.41) is 6.21. The predicted octanol–water partition coefficient (Wildman–Crippen LogP) is 1.98. The normalized spacial score (nSPS) is 22.9. The Balaban J connectivity index is 0.00000324. The van der Waals surface area contributed by atoms with Crippen molar-refractivity contribution in [2.24, 2.45) is 11.8 Å². The van der Waals surface area contributed by atoms with Crippen molar-refractivity contribution in [3.05, 3.63) is 0 Å². The Hall–Kier alpha value is -0.320. The molecule has 19 heavy (non-hydrogen) atoms. The summed E-state index contributed by atoms with van der Waals surface area (Å²) in [4.78, 5) is 11.7. The summed E-state index contributed by atoms with van der Waals surface area (Å²) in [5.41, 5.74) is 0. The highest BCUT2D eigenvalue weighted by Gasteiger charge is 2.24. The first kappa shape index (κ1) is 18.7. The third-order valence-electron chi connectivity index (χ3n) is 3.79. The quantitative estimate of drug-likeness (QED) is 0.706. The second kappa shape index (κ2) is 10.5. The molecule has 1 aliphatic carbocycles. The number of carbonyl (C=O) groups excluding carboxylic acids is 1. The first-order chi connectivity index (χ1) is 8.63. The van der Waals surface area contributed by atoms with Crippen LogP contribution in [-0.2, 0) is 9.53 Å². The zero-order valence-corrected chi connectivity index (χ0v) is 13.2. The van der Waals surface area contributed by atoms with E-state index in [1.165, 1.54) is 12.8 Å². The lowest BCUT2D eigenvalue weighted by atomic mass is 9.79. The zero-order chi connectivity index (χ0) is 13.4. The molecule has 2 atom stereocenters. The highest BCUT2D eigenvalue weighted by molar-refractivity contribution is 5.85. The van der Waals surface area contributed by atoms with Gasteiger partial charge >= 0.3 is 0 Å². The molecule has 1 aliphatic rings. The van der Waals surface area contributed by atoms with Crippen molar-refractivity contribution in [1.82, 2.24) is 10.6 Å². The maximum atomic E-state index is 11.7. The van der Waals surface area contributed by atoms with Gasteiger partial charge in [-0.15, -0.1) is 12.4 Å². The molecule has 0 radical (unpaired) electrons.